The minimum atomic E-state index is 0.646. The van der Waals surface area contributed by atoms with Crippen molar-refractivity contribution in [2.45, 2.75) is 46.2 Å². The normalized spacial score (nSPS) is 22.9. The van der Waals surface area contributed by atoms with Crippen LogP contribution >= 0.6 is 0 Å². The van der Waals surface area contributed by atoms with E-state index in [1.165, 1.54) is 32.6 Å². The van der Waals surface area contributed by atoms with Gasteiger partial charge in [-0.3, -0.25) is 4.90 Å². The van der Waals surface area contributed by atoms with E-state index in [0.29, 0.717) is 12.1 Å². The summed E-state index contributed by atoms with van der Waals surface area (Å²) in [5.74, 6) is 0.742. The van der Waals surface area contributed by atoms with E-state index in [-0.39, 0.29) is 0 Å². The first-order chi connectivity index (χ1) is 7.54. The predicted octanol–water partition coefficient (Wildman–Crippen LogP) is 1.39. The summed E-state index contributed by atoms with van der Waals surface area (Å²) in [4.78, 5) is 5.13. The van der Waals surface area contributed by atoms with Crippen molar-refractivity contribution < 1.29 is 0 Å². The maximum absolute atomic E-state index is 5.71. The zero-order chi connectivity index (χ0) is 12.1. The molecule has 3 nitrogen and oxygen atoms in total. The lowest BCUT2D eigenvalue weighted by molar-refractivity contribution is 0.151. The summed E-state index contributed by atoms with van der Waals surface area (Å²) in [5, 5.41) is 0. The minimum Gasteiger partial charge on any atom is -0.330 e. The summed E-state index contributed by atoms with van der Waals surface area (Å²) >= 11 is 0. The van der Waals surface area contributed by atoms with Crippen LogP contribution in [0.25, 0.3) is 0 Å². The molecule has 1 fully saturated rings. The topological polar surface area (TPSA) is 32.5 Å². The van der Waals surface area contributed by atoms with Gasteiger partial charge in [0, 0.05) is 31.7 Å². The van der Waals surface area contributed by atoms with Gasteiger partial charge in [-0.2, -0.15) is 0 Å². The van der Waals surface area contributed by atoms with Crippen LogP contribution < -0.4 is 5.73 Å². The third-order valence-electron chi connectivity index (χ3n) is 3.70. The molecule has 3 heteroatoms. The van der Waals surface area contributed by atoms with Gasteiger partial charge in [-0.25, -0.2) is 0 Å². The molecular weight excluding hydrogens is 198 g/mol. The van der Waals surface area contributed by atoms with E-state index < -0.39 is 0 Å². The second kappa shape index (κ2) is 6.58. The molecule has 0 aromatic rings. The smallest absolute Gasteiger partial charge is 0.0115 e. The molecule has 0 aliphatic carbocycles. The van der Waals surface area contributed by atoms with Crippen molar-refractivity contribution in [2.24, 2.45) is 11.7 Å². The van der Waals surface area contributed by atoms with E-state index >= 15 is 0 Å². The molecular formula is C13H29N3. The van der Waals surface area contributed by atoms with Crippen LogP contribution in [0.4, 0.5) is 0 Å². The minimum absolute atomic E-state index is 0.646. The Kier molecular flexibility index (Phi) is 5.73. The number of rotatable bonds is 6. The van der Waals surface area contributed by atoms with Crippen molar-refractivity contribution in [3.63, 3.8) is 0 Å². The molecule has 1 atom stereocenters. The average Bonchev–Trinajstić information content (AvgIpc) is 2.65. The summed E-state index contributed by atoms with van der Waals surface area (Å²) in [7, 11) is 0. The van der Waals surface area contributed by atoms with Crippen LogP contribution in [0.15, 0.2) is 0 Å². The molecule has 0 saturated carbocycles. The monoisotopic (exact) mass is 227 g/mol. The van der Waals surface area contributed by atoms with Gasteiger partial charge in [-0.15, -0.1) is 0 Å². The molecule has 1 heterocycles. The van der Waals surface area contributed by atoms with Crippen molar-refractivity contribution in [2.75, 3.05) is 32.7 Å². The van der Waals surface area contributed by atoms with Gasteiger partial charge in [0.05, 0.1) is 0 Å². The lowest BCUT2D eigenvalue weighted by Gasteiger charge is -2.32. The van der Waals surface area contributed by atoms with Crippen molar-refractivity contribution in [3.05, 3.63) is 0 Å². The highest BCUT2D eigenvalue weighted by molar-refractivity contribution is 4.78. The molecule has 16 heavy (non-hydrogen) atoms. The molecule has 0 spiro atoms. The van der Waals surface area contributed by atoms with Gasteiger partial charge in [0.15, 0.2) is 0 Å². The maximum atomic E-state index is 5.71. The molecule has 0 bridgehead atoms. The average molecular weight is 227 g/mol. The number of hydrogen-bond donors (Lipinski definition) is 1. The van der Waals surface area contributed by atoms with Crippen LogP contribution in [0.2, 0.25) is 0 Å². The highest BCUT2D eigenvalue weighted by Gasteiger charge is 2.22. The second-order valence-corrected chi connectivity index (χ2v) is 5.62. The van der Waals surface area contributed by atoms with Crippen LogP contribution in [0.3, 0.4) is 0 Å². The Bertz CT molecular complexity index is 184. The third-order valence-corrected chi connectivity index (χ3v) is 3.70. The van der Waals surface area contributed by atoms with Crippen LogP contribution in [0, 0.1) is 5.92 Å². The number of likely N-dealkylation sites (tertiary alicyclic amines) is 1. The molecule has 0 radical (unpaired) electrons. The van der Waals surface area contributed by atoms with Crippen LogP contribution in [0.1, 0.15) is 34.1 Å². The van der Waals surface area contributed by atoms with Crippen molar-refractivity contribution >= 4 is 0 Å². The fourth-order valence-corrected chi connectivity index (χ4v) is 2.68. The Balaban J connectivity index is 2.28. The Morgan fingerprint density at radius 1 is 1.25 bits per heavy atom. The summed E-state index contributed by atoms with van der Waals surface area (Å²) in [6.45, 7) is 14.8. The van der Waals surface area contributed by atoms with Gasteiger partial charge in [0.25, 0.3) is 0 Å². The maximum Gasteiger partial charge on any atom is 0.0115 e. The van der Waals surface area contributed by atoms with E-state index in [2.05, 4.69) is 37.5 Å². The first-order valence-corrected chi connectivity index (χ1v) is 6.72. The van der Waals surface area contributed by atoms with Gasteiger partial charge in [0.2, 0.25) is 0 Å². The molecule has 96 valence electrons. The van der Waals surface area contributed by atoms with Gasteiger partial charge < -0.3 is 10.6 Å². The molecule has 1 rings (SSSR count). The van der Waals surface area contributed by atoms with Crippen LogP contribution in [-0.2, 0) is 0 Å². The molecule has 1 saturated heterocycles. The number of hydrogen-bond acceptors (Lipinski definition) is 3. The van der Waals surface area contributed by atoms with Crippen LogP contribution in [0.5, 0.6) is 0 Å². The summed E-state index contributed by atoms with van der Waals surface area (Å²) in [5.41, 5.74) is 5.71. The van der Waals surface area contributed by atoms with E-state index in [1.54, 1.807) is 0 Å². The third kappa shape index (κ3) is 4.04. The Morgan fingerprint density at radius 3 is 2.31 bits per heavy atom. The molecule has 0 aromatic heterocycles. The molecule has 0 aromatic carbocycles. The zero-order valence-corrected chi connectivity index (χ0v) is 11.4. The van der Waals surface area contributed by atoms with Gasteiger partial charge >= 0.3 is 0 Å². The Hall–Kier alpha value is -0.120. The molecule has 1 aliphatic heterocycles. The van der Waals surface area contributed by atoms with E-state index in [4.69, 9.17) is 5.73 Å². The molecule has 1 unspecified atom stereocenters. The summed E-state index contributed by atoms with van der Waals surface area (Å²) < 4.78 is 0. The largest absolute Gasteiger partial charge is 0.330 e. The van der Waals surface area contributed by atoms with E-state index in [9.17, 15) is 0 Å². The van der Waals surface area contributed by atoms with E-state index in [0.717, 1.165) is 12.5 Å². The second-order valence-electron chi connectivity index (χ2n) is 5.62. The first-order valence-electron chi connectivity index (χ1n) is 6.72. The van der Waals surface area contributed by atoms with Crippen molar-refractivity contribution in [1.82, 2.24) is 9.80 Å². The highest BCUT2D eigenvalue weighted by Crippen LogP contribution is 2.15. The number of nitrogens with two attached hydrogens (primary N) is 1. The van der Waals surface area contributed by atoms with Crippen LogP contribution in [-0.4, -0.2) is 54.6 Å². The summed E-state index contributed by atoms with van der Waals surface area (Å²) in [6.07, 6.45) is 1.29. The van der Waals surface area contributed by atoms with Gasteiger partial charge in [-0.1, -0.05) is 0 Å². The molecule has 2 N–H and O–H groups in total. The molecule has 1 aliphatic rings. The van der Waals surface area contributed by atoms with Crippen molar-refractivity contribution in [3.8, 4) is 0 Å². The SMILES string of the molecule is CC(C)N(CCN1CCC(CN)C1)C(C)C. The standard InChI is InChI=1S/C13H29N3/c1-11(2)16(12(3)4)8-7-15-6-5-13(9-14)10-15/h11-13H,5-10,14H2,1-4H3. The number of nitrogens with zero attached hydrogens (tertiary/aromatic N) is 2. The van der Waals surface area contributed by atoms with Gasteiger partial charge in [0.1, 0.15) is 0 Å². The zero-order valence-electron chi connectivity index (χ0n) is 11.4. The van der Waals surface area contributed by atoms with Crippen molar-refractivity contribution in [1.29, 1.82) is 0 Å². The lowest BCUT2D eigenvalue weighted by atomic mass is 10.1. The molecule has 0 amide bonds. The predicted molar refractivity (Wildman–Crippen MR) is 70.6 cm³/mol. The fraction of sp³-hybridized carbons (Fsp3) is 1.00. The van der Waals surface area contributed by atoms with Gasteiger partial charge in [-0.05, 0) is 53.1 Å². The Morgan fingerprint density at radius 2 is 1.88 bits per heavy atom. The lowest BCUT2D eigenvalue weighted by Crippen LogP contribution is -2.42. The Labute approximate surface area is 101 Å². The highest BCUT2D eigenvalue weighted by atomic mass is 15.2. The van der Waals surface area contributed by atoms with E-state index in [1.807, 2.05) is 0 Å². The first kappa shape index (κ1) is 13.9. The fourth-order valence-electron chi connectivity index (χ4n) is 2.68. The quantitative estimate of drug-likeness (QED) is 0.744. The summed E-state index contributed by atoms with van der Waals surface area (Å²) in [6, 6.07) is 1.29.